The minimum Gasteiger partial charge on any atom is -0.731 e. The van der Waals surface area contributed by atoms with E-state index in [0.29, 0.717) is 6.04 Å². The normalized spacial score (nSPS) is 16.1. The van der Waals surface area contributed by atoms with Crippen molar-refractivity contribution in [1.82, 2.24) is 9.55 Å². The minimum absolute atomic E-state index is 0. The van der Waals surface area contributed by atoms with Crippen LogP contribution in [0.1, 0.15) is 18.9 Å². The van der Waals surface area contributed by atoms with Gasteiger partial charge >= 0.3 is 18.9 Å². The summed E-state index contributed by atoms with van der Waals surface area (Å²) in [6, 6.07) is 0.298. The Morgan fingerprint density at radius 2 is 2.21 bits per heavy atom. The molecule has 14 heavy (non-hydrogen) atoms. The Hall–Kier alpha value is -0.483. The number of aromatic nitrogens is 2. The molecule has 0 spiro atoms. The van der Waals surface area contributed by atoms with Crippen molar-refractivity contribution in [3.05, 3.63) is 12.4 Å². The summed E-state index contributed by atoms with van der Waals surface area (Å²) in [7, 11) is -4.46. The first-order valence-electron chi connectivity index (χ1n) is 3.83. The second kappa shape index (κ2) is 3.94. The van der Waals surface area contributed by atoms with Crippen LogP contribution in [0.4, 0.5) is 5.95 Å². The molecule has 8 heteroatoms. The van der Waals surface area contributed by atoms with Gasteiger partial charge in [0.05, 0.1) is 0 Å². The van der Waals surface area contributed by atoms with Crippen LogP contribution >= 0.6 is 0 Å². The van der Waals surface area contributed by atoms with Crippen molar-refractivity contribution in [3.8, 4) is 0 Å². The summed E-state index contributed by atoms with van der Waals surface area (Å²) in [6.45, 7) is 0. The van der Waals surface area contributed by atoms with Crippen molar-refractivity contribution >= 4 is 16.3 Å². The van der Waals surface area contributed by atoms with Gasteiger partial charge in [-0.2, -0.15) is 0 Å². The molecule has 72 valence electrons. The minimum atomic E-state index is -4.46. The zero-order valence-corrected chi connectivity index (χ0v) is 8.49. The van der Waals surface area contributed by atoms with Crippen LogP contribution in [0.3, 0.4) is 0 Å². The van der Waals surface area contributed by atoms with Crippen LogP contribution in [0.15, 0.2) is 12.4 Å². The molecule has 0 atom stereocenters. The molecule has 1 saturated carbocycles. The molecule has 0 radical (unpaired) electrons. The van der Waals surface area contributed by atoms with E-state index in [-0.39, 0.29) is 24.8 Å². The van der Waals surface area contributed by atoms with E-state index in [4.69, 9.17) is 0 Å². The molecule has 1 aromatic heterocycles. The summed E-state index contributed by atoms with van der Waals surface area (Å²) in [4.78, 5) is 3.74. The standard InChI is InChI=1S/C6H9N3O3S.Li/c10-13(11,12)8-6-7-3-4-9(6)5-1-2-5;/h3-5H,1-2H2,(H,7,8)(H,10,11,12);/q;+1/p-1. The van der Waals surface area contributed by atoms with Crippen molar-refractivity contribution in [2.75, 3.05) is 4.72 Å². The number of hydrogen-bond donors (Lipinski definition) is 1. The Labute approximate surface area is 93.8 Å². The molecule has 1 fully saturated rings. The average molecular weight is 209 g/mol. The molecule has 6 nitrogen and oxygen atoms in total. The molecule has 1 heterocycles. The van der Waals surface area contributed by atoms with E-state index in [0.717, 1.165) is 12.8 Å². The molecule has 2 rings (SSSR count). The molecule has 0 unspecified atom stereocenters. The number of nitrogens with one attached hydrogen (secondary N) is 1. The third-order valence-corrected chi connectivity index (χ3v) is 2.26. The molecule has 0 aliphatic heterocycles. The van der Waals surface area contributed by atoms with Crippen LogP contribution in [-0.2, 0) is 10.3 Å². The van der Waals surface area contributed by atoms with Gasteiger partial charge in [-0.15, -0.1) is 0 Å². The van der Waals surface area contributed by atoms with Gasteiger partial charge in [0.1, 0.15) is 0 Å². The van der Waals surface area contributed by atoms with Gasteiger partial charge in [0.2, 0.25) is 5.95 Å². The largest absolute Gasteiger partial charge is 1.00 e. The van der Waals surface area contributed by atoms with Gasteiger partial charge in [-0.3, -0.25) is 4.72 Å². The van der Waals surface area contributed by atoms with Crippen molar-refractivity contribution < 1.29 is 31.8 Å². The maximum atomic E-state index is 10.4. The first kappa shape index (κ1) is 11.6. The second-order valence-electron chi connectivity index (χ2n) is 2.95. The maximum absolute atomic E-state index is 10.4. The summed E-state index contributed by atoms with van der Waals surface area (Å²) in [5.74, 6) is 0.109. The number of anilines is 1. The van der Waals surface area contributed by atoms with Crippen molar-refractivity contribution in [1.29, 1.82) is 0 Å². The van der Waals surface area contributed by atoms with Gasteiger partial charge in [0.25, 0.3) is 0 Å². The summed E-state index contributed by atoms with van der Waals surface area (Å²) in [5, 5.41) is 0. The fourth-order valence-corrected chi connectivity index (χ4v) is 1.53. The molecular formula is C6H8LiN3O3S. The number of nitrogens with zero attached hydrogens (tertiary/aromatic N) is 2. The van der Waals surface area contributed by atoms with Gasteiger partial charge in [-0.25, -0.2) is 13.4 Å². The molecule has 1 N–H and O–H groups in total. The van der Waals surface area contributed by atoms with Gasteiger partial charge in [-0.1, -0.05) is 0 Å². The Morgan fingerprint density at radius 1 is 1.57 bits per heavy atom. The third kappa shape index (κ3) is 2.75. The Kier molecular flexibility index (Phi) is 3.27. The molecular weight excluding hydrogens is 201 g/mol. The fourth-order valence-electron chi connectivity index (χ4n) is 1.15. The van der Waals surface area contributed by atoms with E-state index < -0.39 is 10.3 Å². The van der Waals surface area contributed by atoms with Crippen molar-refractivity contribution in [3.63, 3.8) is 0 Å². The van der Waals surface area contributed by atoms with Crippen LogP contribution in [0.5, 0.6) is 0 Å². The Morgan fingerprint density at radius 3 is 2.71 bits per heavy atom. The van der Waals surface area contributed by atoms with E-state index in [1.807, 2.05) is 4.72 Å². The summed E-state index contributed by atoms with van der Waals surface area (Å²) in [6.07, 6.45) is 5.13. The second-order valence-corrected chi connectivity index (χ2v) is 4.06. The quantitative estimate of drug-likeness (QED) is 0.427. The Bertz CT molecular complexity index is 412. The molecule has 1 aromatic rings. The monoisotopic (exact) mass is 209 g/mol. The van der Waals surface area contributed by atoms with Gasteiger partial charge in [0, 0.05) is 18.4 Å². The maximum Gasteiger partial charge on any atom is 1.00 e. The smallest absolute Gasteiger partial charge is 0.731 e. The summed E-state index contributed by atoms with van der Waals surface area (Å²) < 4.78 is 34.6. The van der Waals surface area contributed by atoms with Gasteiger partial charge < -0.3 is 9.12 Å². The first-order valence-corrected chi connectivity index (χ1v) is 5.23. The third-order valence-electron chi connectivity index (χ3n) is 1.83. The van der Waals surface area contributed by atoms with Gasteiger partial charge in [-0.05, 0) is 12.8 Å². The van der Waals surface area contributed by atoms with E-state index in [1.165, 1.54) is 6.20 Å². The fraction of sp³-hybridized carbons (Fsp3) is 0.500. The van der Waals surface area contributed by atoms with E-state index in [2.05, 4.69) is 4.98 Å². The molecule has 0 aromatic carbocycles. The van der Waals surface area contributed by atoms with Crippen LogP contribution < -0.4 is 23.6 Å². The number of rotatable bonds is 3. The van der Waals surface area contributed by atoms with Crippen LogP contribution in [0, 0.1) is 0 Å². The predicted molar refractivity (Wildman–Crippen MR) is 43.8 cm³/mol. The topological polar surface area (TPSA) is 87.1 Å². The average Bonchev–Trinajstić information content (AvgIpc) is 2.72. The zero-order valence-electron chi connectivity index (χ0n) is 7.67. The van der Waals surface area contributed by atoms with Crippen molar-refractivity contribution in [2.24, 2.45) is 0 Å². The van der Waals surface area contributed by atoms with Crippen molar-refractivity contribution in [2.45, 2.75) is 18.9 Å². The van der Waals surface area contributed by atoms with E-state index in [9.17, 15) is 13.0 Å². The predicted octanol–water partition coefficient (Wildman–Crippen LogP) is -2.91. The number of imidazole rings is 1. The Balaban J connectivity index is 0.000000980. The van der Waals surface area contributed by atoms with Crippen LogP contribution in [-0.4, -0.2) is 22.5 Å². The first-order chi connectivity index (χ1) is 6.06. The number of hydrogen-bond acceptors (Lipinski definition) is 4. The summed E-state index contributed by atoms with van der Waals surface area (Å²) >= 11 is 0. The van der Waals surface area contributed by atoms with E-state index in [1.54, 1.807) is 10.8 Å². The molecule has 0 saturated heterocycles. The molecule has 1 aliphatic carbocycles. The molecule has 0 bridgehead atoms. The SMILES string of the molecule is O=S(=O)([O-])Nc1nccn1C1CC1.[Li+]. The zero-order chi connectivity index (χ0) is 9.47. The van der Waals surface area contributed by atoms with E-state index >= 15 is 0 Å². The molecule has 1 aliphatic rings. The molecule has 0 amide bonds. The van der Waals surface area contributed by atoms with Crippen LogP contribution in [0.25, 0.3) is 0 Å². The summed E-state index contributed by atoms with van der Waals surface area (Å²) in [5.41, 5.74) is 0. The van der Waals surface area contributed by atoms with Crippen LogP contribution in [0.2, 0.25) is 0 Å². The van der Waals surface area contributed by atoms with Gasteiger partial charge in [0.15, 0.2) is 10.3 Å².